The lowest BCUT2D eigenvalue weighted by molar-refractivity contribution is -0.147. The van der Waals surface area contributed by atoms with E-state index in [0.29, 0.717) is 0 Å². The summed E-state index contributed by atoms with van der Waals surface area (Å²) in [5, 5.41) is 18.5. The molecule has 100 valence electrons. The van der Waals surface area contributed by atoms with Crippen LogP contribution in [0.25, 0.3) is 0 Å². The summed E-state index contributed by atoms with van der Waals surface area (Å²) in [6.07, 6.45) is 8.03. The highest BCUT2D eigenvalue weighted by Crippen LogP contribution is 2.26. The minimum Gasteiger partial charge on any atom is -0.396 e. The van der Waals surface area contributed by atoms with E-state index in [1.54, 1.807) is 12.2 Å². The van der Waals surface area contributed by atoms with Gasteiger partial charge in [-0.1, -0.05) is 37.6 Å². The molecule has 1 fully saturated rings. The Morgan fingerprint density at radius 2 is 2.06 bits per heavy atom. The zero-order chi connectivity index (χ0) is 13.5. The Labute approximate surface area is 107 Å². The fraction of sp³-hybridized carbons (Fsp3) is 0.571. The first kappa shape index (κ1) is 14.8. The average Bonchev–Trinajstić information content (AvgIpc) is 2.36. The zero-order valence-corrected chi connectivity index (χ0v) is 10.6. The van der Waals surface area contributed by atoms with E-state index in [-0.39, 0.29) is 18.9 Å². The number of hydrogen-bond acceptors (Lipinski definition) is 4. The molecule has 1 rings (SSSR count). The van der Waals surface area contributed by atoms with Crippen molar-refractivity contribution in [1.82, 2.24) is 0 Å². The molecule has 0 bridgehead atoms. The maximum absolute atomic E-state index is 11.6. The molecule has 0 aromatic carbocycles. The SMILES string of the molecule is CCCC=CC=CC1CC(=O)[C@@H](O)C(=O)[C@H]1CO. The summed E-state index contributed by atoms with van der Waals surface area (Å²) in [4.78, 5) is 23.0. The number of aliphatic hydroxyl groups is 2. The lowest BCUT2D eigenvalue weighted by Crippen LogP contribution is -2.45. The van der Waals surface area contributed by atoms with Gasteiger partial charge in [0, 0.05) is 6.42 Å². The number of carbonyl (C=O) groups is 2. The molecule has 1 aliphatic carbocycles. The summed E-state index contributed by atoms with van der Waals surface area (Å²) in [6.45, 7) is 1.74. The number of carbonyl (C=O) groups excluding carboxylic acids is 2. The maximum Gasteiger partial charge on any atom is 0.174 e. The van der Waals surface area contributed by atoms with Gasteiger partial charge in [-0.05, 0) is 12.3 Å². The quantitative estimate of drug-likeness (QED) is 0.566. The zero-order valence-electron chi connectivity index (χ0n) is 10.6. The minimum absolute atomic E-state index is 0.107. The van der Waals surface area contributed by atoms with Crippen LogP contribution in [0.3, 0.4) is 0 Å². The highest BCUT2D eigenvalue weighted by molar-refractivity contribution is 6.08. The second kappa shape index (κ2) is 7.24. The van der Waals surface area contributed by atoms with Crippen LogP contribution in [0.4, 0.5) is 0 Å². The van der Waals surface area contributed by atoms with Gasteiger partial charge in [0.1, 0.15) is 0 Å². The number of allylic oxidation sites excluding steroid dienone is 4. The maximum atomic E-state index is 11.6. The van der Waals surface area contributed by atoms with Gasteiger partial charge in [0.25, 0.3) is 0 Å². The Hall–Kier alpha value is -1.26. The molecule has 2 N–H and O–H groups in total. The predicted molar refractivity (Wildman–Crippen MR) is 67.9 cm³/mol. The second-order valence-corrected chi connectivity index (χ2v) is 4.53. The normalized spacial score (nSPS) is 29.6. The van der Waals surface area contributed by atoms with E-state index in [1.807, 2.05) is 12.2 Å². The van der Waals surface area contributed by atoms with E-state index in [9.17, 15) is 19.8 Å². The van der Waals surface area contributed by atoms with Crippen molar-refractivity contribution in [3.63, 3.8) is 0 Å². The van der Waals surface area contributed by atoms with E-state index in [1.165, 1.54) is 0 Å². The van der Waals surface area contributed by atoms with E-state index in [4.69, 9.17) is 0 Å². The van der Waals surface area contributed by atoms with Crippen molar-refractivity contribution in [3.8, 4) is 0 Å². The average molecular weight is 252 g/mol. The van der Waals surface area contributed by atoms with Gasteiger partial charge >= 0.3 is 0 Å². The lowest BCUT2D eigenvalue weighted by atomic mass is 9.76. The first-order chi connectivity index (χ1) is 8.61. The molecule has 0 aliphatic heterocycles. The first-order valence-corrected chi connectivity index (χ1v) is 6.30. The molecule has 4 heteroatoms. The highest BCUT2D eigenvalue weighted by Gasteiger charge is 2.40. The molecular formula is C14H20O4. The third-order valence-corrected chi connectivity index (χ3v) is 3.15. The number of aliphatic hydroxyl groups excluding tert-OH is 2. The van der Waals surface area contributed by atoms with E-state index in [0.717, 1.165) is 12.8 Å². The van der Waals surface area contributed by atoms with Crippen molar-refractivity contribution in [1.29, 1.82) is 0 Å². The molecule has 0 radical (unpaired) electrons. The number of rotatable bonds is 5. The third-order valence-electron chi connectivity index (χ3n) is 3.15. The van der Waals surface area contributed by atoms with Crippen LogP contribution in [-0.4, -0.2) is 34.5 Å². The monoisotopic (exact) mass is 252 g/mol. The van der Waals surface area contributed by atoms with E-state index < -0.39 is 23.6 Å². The number of hydrogen-bond donors (Lipinski definition) is 2. The minimum atomic E-state index is -1.55. The van der Waals surface area contributed by atoms with Crippen LogP contribution in [0.1, 0.15) is 26.2 Å². The van der Waals surface area contributed by atoms with Crippen LogP contribution in [0, 0.1) is 11.8 Å². The molecular weight excluding hydrogens is 232 g/mol. The summed E-state index contributed by atoms with van der Waals surface area (Å²) >= 11 is 0. The van der Waals surface area contributed by atoms with E-state index >= 15 is 0 Å². The Morgan fingerprint density at radius 3 is 2.67 bits per heavy atom. The molecule has 0 spiro atoms. The topological polar surface area (TPSA) is 74.6 Å². The molecule has 1 aliphatic rings. The van der Waals surface area contributed by atoms with Crippen LogP contribution >= 0.6 is 0 Å². The molecule has 3 atom stereocenters. The van der Waals surface area contributed by atoms with Gasteiger partial charge in [0.15, 0.2) is 17.7 Å². The molecule has 0 heterocycles. The van der Waals surface area contributed by atoms with Gasteiger partial charge in [-0.15, -0.1) is 0 Å². The van der Waals surface area contributed by atoms with Crippen LogP contribution < -0.4 is 0 Å². The number of Topliss-reactive ketones (excluding diaryl/α,β-unsaturated/α-hetero) is 2. The van der Waals surface area contributed by atoms with Gasteiger partial charge in [-0.2, -0.15) is 0 Å². The largest absolute Gasteiger partial charge is 0.396 e. The van der Waals surface area contributed by atoms with Crippen LogP contribution in [0.5, 0.6) is 0 Å². The molecule has 1 saturated carbocycles. The van der Waals surface area contributed by atoms with Gasteiger partial charge < -0.3 is 10.2 Å². The second-order valence-electron chi connectivity index (χ2n) is 4.53. The number of ketones is 2. The first-order valence-electron chi connectivity index (χ1n) is 6.30. The molecule has 0 aromatic heterocycles. The fourth-order valence-electron chi connectivity index (χ4n) is 2.03. The summed E-state index contributed by atoms with van der Waals surface area (Å²) in [5.41, 5.74) is 0. The summed E-state index contributed by atoms with van der Waals surface area (Å²) < 4.78 is 0. The van der Waals surface area contributed by atoms with Crippen molar-refractivity contribution in [3.05, 3.63) is 24.3 Å². The Kier molecular flexibility index (Phi) is 5.95. The molecule has 0 saturated heterocycles. The Balaban J connectivity index is 2.68. The predicted octanol–water partition coefficient (Wildman–Crippen LogP) is 1.03. The van der Waals surface area contributed by atoms with Crippen molar-refractivity contribution in [2.45, 2.75) is 32.3 Å². The summed E-state index contributed by atoms with van der Waals surface area (Å²) in [6, 6.07) is 0. The van der Waals surface area contributed by atoms with Gasteiger partial charge in [-0.25, -0.2) is 0 Å². The summed E-state index contributed by atoms with van der Waals surface area (Å²) in [7, 11) is 0. The van der Waals surface area contributed by atoms with Crippen molar-refractivity contribution < 1.29 is 19.8 Å². The van der Waals surface area contributed by atoms with Crippen LogP contribution in [0.2, 0.25) is 0 Å². The van der Waals surface area contributed by atoms with Gasteiger partial charge in [0.05, 0.1) is 12.5 Å². The summed E-state index contributed by atoms with van der Waals surface area (Å²) in [5.74, 6) is -2.02. The fourth-order valence-corrected chi connectivity index (χ4v) is 2.03. The van der Waals surface area contributed by atoms with Crippen LogP contribution in [-0.2, 0) is 9.59 Å². The van der Waals surface area contributed by atoms with Crippen molar-refractivity contribution in [2.75, 3.05) is 6.61 Å². The lowest BCUT2D eigenvalue weighted by Gasteiger charge is -2.28. The molecule has 18 heavy (non-hydrogen) atoms. The Morgan fingerprint density at radius 1 is 1.33 bits per heavy atom. The molecule has 0 aromatic rings. The van der Waals surface area contributed by atoms with Gasteiger partial charge in [0.2, 0.25) is 0 Å². The van der Waals surface area contributed by atoms with Crippen molar-refractivity contribution >= 4 is 11.6 Å². The van der Waals surface area contributed by atoms with E-state index in [2.05, 4.69) is 6.92 Å². The molecule has 1 unspecified atom stereocenters. The van der Waals surface area contributed by atoms with Gasteiger partial charge in [-0.3, -0.25) is 9.59 Å². The number of unbranched alkanes of at least 4 members (excludes halogenated alkanes) is 1. The smallest absolute Gasteiger partial charge is 0.174 e. The standard InChI is InChI=1S/C14H20O4/c1-2-3-4-5-6-7-10-8-12(16)14(18)13(17)11(10)9-15/h4-7,10-11,14-15,18H,2-3,8-9H2,1H3/t10?,11-,14+/m0/s1. The highest BCUT2D eigenvalue weighted by atomic mass is 16.3. The molecule has 4 nitrogen and oxygen atoms in total. The third kappa shape index (κ3) is 3.62. The molecule has 0 amide bonds. The Bertz CT molecular complexity index is 357. The van der Waals surface area contributed by atoms with Crippen molar-refractivity contribution in [2.24, 2.45) is 11.8 Å². The van der Waals surface area contributed by atoms with Crippen LogP contribution in [0.15, 0.2) is 24.3 Å².